The molecule has 3 rings (SSSR count). The average Bonchev–Trinajstić information content (AvgIpc) is 2.90. The number of nitrogens with zero attached hydrogens (tertiary/aromatic N) is 2. The van der Waals surface area contributed by atoms with E-state index in [2.05, 4.69) is 26.5 Å². The molecule has 12 heteroatoms. The minimum Gasteiger partial charge on any atom is -0.480 e. The maximum atomic E-state index is 12.7. The molecule has 2 aromatic carbocycles. The zero-order valence-electron chi connectivity index (χ0n) is 21.9. The van der Waals surface area contributed by atoms with Gasteiger partial charge in [-0.3, -0.25) is 19.2 Å². The Balaban J connectivity index is 1.68. The van der Waals surface area contributed by atoms with E-state index < -0.39 is 35.8 Å². The number of rotatable bonds is 12. The van der Waals surface area contributed by atoms with Crippen molar-refractivity contribution in [1.29, 1.82) is 0 Å². The van der Waals surface area contributed by atoms with Crippen LogP contribution in [0.25, 0.3) is 10.9 Å². The van der Waals surface area contributed by atoms with Crippen LogP contribution in [0.2, 0.25) is 0 Å². The fourth-order valence-electron chi connectivity index (χ4n) is 3.94. The van der Waals surface area contributed by atoms with Crippen LogP contribution >= 0.6 is 0 Å². The maximum absolute atomic E-state index is 12.7. The topological polar surface area (TPSA) is 182 Å². The number of benzene rings is 2. The number of carboxylic acid groups (broad SMARTS) is 2. The van der Waals surface area contributed by atoms with Crippen molar-refractivity contribution in [1.82, 2.24) is 20.6 Å². The van der Waals surface area contributed by atoms with Crippen molar-refractivity contribution < 1.29 is 29.4 Å². The van der Waals surface area contributed by atoms with Crippen LogP contribution in [0.15, 0.2) is 47.3 Å². The summed E-state index contributed by atoms with van der Waals surface area (Å²) in [6.07, 6.45) is 5.06. The molecule has 1 heterocycles. The molecule has 40 heavy (non-hydrogen) atoms. The van der Waals surface area contributed by atoms with E-state index in [-0.39, 0.29) is 30.5 Å². The molecule has 2 atom stereocenters. The van der Waals surface area contributed by atoms with E-state index in [0.29, 0.717) is 29.0 Å². The predicted molar refractivity (Wildman–Crippen MR) is 147 cm³/mol. The molecule has 12 nitrogen and oxygen atoms in total. The summed E-state index contributed by atoms with van der Waals surface area (Å²) in [5.41, 5.74) is 2.06. The van der Waals surface area contributed by atoms with Gasteiger partial charge in [0.15, 0.2) is 0 Å². The summed E-state index contributed by atoms with van der Waals surface area (Å²) in [4.78, 5) is 68.3. The van der Waals surface area contributed by atoms with E-state index in [4.69, 9.17) is 11.5 Å². The molecule has 0 spiro atoms. The van der Waals surface area contributed by atoms with Gasteiger partial charge in [-0.05, 0) is 62.2 Å². The fourth-order valence-corrected chi connectivity index (χ4v) is 3.94. The Kier molecular flexibility index (Phi) is 9.59. The van der Waals surface area contributed by atoms with E-state index >= 15 is 0 Å². The molecule has 0 radical (unpaired) electrons. The van der Waals surface area contributed by atoms with Gasteiger partial charge in [0.1, 0.15) is 17.9 Å². The summed E-state index contributed by atoms with van der Waals surface area (Å²) >= 11 is 0. The first-order valence-electron chi connectivity index (χ1n) is 12.3. The van der Waals surface area contributed by atoms with Crippen LogP contribution in [0.4, 0.5) is 5.69 Å². The summed E-state index contributed by atoms with van der Waals surface area (Å²) in [5, 5.41) is 23.4. The third-order valence-electron chi connectivity index (χ3n) is 6.05. The number of fused-ring (bicyclic) bond motifs is 1. The van der Waals surface area contributed by atoms with E-state index in [0.717, 1.165) is 5.56 Å². The molecule has 0 aliphatic rings. The molecule has 1 aromatic heterocycles. The molecule has 0 saturated heterocycles. The monoisotopic (exact) mass is 547 g/mol. The third-order valence-corrected chi connectivity index (χ3v) is 6.05. The number of aromatic amines is 1. The first-order valence-corrected chi connectivity index (χ1v) is 12.3. The third kappa shape index (κ3) is 7.67. The van der Waals surface area contributed by atoms with E-state index in [9.17, 15) is 29.1 Å². The maximum Gasteiger partial charge on any atom is 0.326 e. The lowest BCUT2D eigenvalue weighted by Crippen LogP contribution is -2.43. The number of carboxylic acids is 2. The number of aromatic nitrogens is 2. The smallest absolute Gasteiger partial charge is 0.326 e. The quantitative estimate of drug-likeness (QED) is 0.209. The number of hydrogen-bond acceptors (Lipinski definition) is 7. The van der Waals surface area contributed by atoms with Crippen LogP contribution in [-0.2, 0) is 20.9 Å². The van der Waals surface area contributed by atoms with Gasteiger partial charge in [-0.25, -0.2) is 9.78 Å². The summed E-state index contributed by atoms with van der Waals surface area (Å²) in [6, 6.07) is 9.27. The molecule has 2 amide bonds. The molecule has 0 aliphatic carbocycles. The number of carbonyl (C=O) groups excluding carboxylic acids is 2. The number of hydrogen-bond donors (Lipinski definition) is 5. The van der Waals surface area contributed by atoms with Gasteiger partial charge >= 0.3 is 11.9 Å². The second-order valence-corrected chi connectivity index (χ2v) is 9.14. The van der Waals surface area contributed by atoms with Crippen molar-refractivity contribution in [3.63, 3.8) is 0 Å². The minimum atomic E-state index is -1.36. The van der Waals surface area contributed by atoms with Crippen molar-refractivity contribution in [3.8, 4) is 12.3 Å². The molecule has 0 unspecified atom stereocenters. The first-order chi connectivity index (χ1) is 19.0. The zero-order chi connectivity index (χ0) is 29.4. The molecule has 0 aliphatic heterocycles. The molecule has 208 valence electrons. The second kappa shape index (κ2) is 13.1. The Hall–Kier alpha value is -5.18. The highest BCUT2D eigenvalue weighted by Gasteiger charge is 2.23. The van der Waals surface area contributed by atoms with Gasteiger partial charge in [-0.15, -0.1) is 6.42 Å². The summed E-state index contributed by atoms with van der Waals surface area (Å²) in [5.74, 6) is -0.731. The summed E-state index contributed by atoms with van der Waals surface area (Å²) in [6.45, 7) is 3.61. The van der Waals surface area contributed by atoms with Crippen LogP contribution < -0.4 is 21.1 Å². The first kappa shape index (κ1) is 29.4. The zero-order valence-corrected chi connectivity index (χ0v) is 21.9. The fraction of sp³-hybridized carbons (Fsp3) is 0.286. The van der Waals surface area contributed by atoms with Crippen LogP contribution in [-0.4, -0.2) is 62.6 Å². The standard InChI is InChI=1S/C28H29N5O7/c1-4-13-33(15-18-5-10-22-21(14-18)26(36)31-17(3)30-22)20-8-6-19(7-9-20)25(35)32-23(28(39)40)11-12-24(34)29-16(2)27(37)38/h1,5-10,14,16,23H,11-13,15H2,2-3H3,(H,29,34)(H,32,35)(H,37,38)(H,39,40)(H,30,31,36)/t16-,23+/m1/s1. The number of amides is 2. The highest BCUT2D eigenvalue weighted by Crippen LogP contribution is 2.20. The molecule has 0 fully saturated rings. The molecular formula is C28H29N5O7. The van der Waals surface area contributed by atoms with Crippen molar-refractivity contribution in [2.45, 2.75) is 45.3 Å². The van der Waals surface area contributed by atoms with Gasteiger partial charge in [0.05, 0.1) is 17.4 Å². The number of carbonyl (C=O) groups is 4. The van der Waals surface area contributed by atoms with Crippen molar-refractivity contribution >= 4 is 40.3 Å². The van der Waals surface area contributed by atoms with Crippen LogP contribution in [0.5, 0.6) is 0 Å². The van der Waals surface area contributed by atoms with Crippen LogP contribution in [0.3, 0.4) is 0 Å². The highest BCUT2D eigenvalue weighted by atomic mass is 16.4. The van der Waals surface area contributed by atoms with Crippen LogP contribution in [0.1, 0.15) is 41.5 Å². The molecule has 5 N–H and O–H groups in total. The normalized spacial score (nSPS) is 12.1. The Morgan fingerprint density at radius 3 is 2.40 bits per heavy atom. The van der Waals surface area contributed by atoms with E-state index in [1.807, 2.05) is 11.0 Å². The number of aryl methyl sites for hydroxylation is 1. The molecular weight excluding hydrogens is 518 g/mol. The molecule has 3 aromatic rings. The minimum absolute atomic E-state index is 0.193. The predicted octanol–water partition coefficient (Wildman–Crippen LogP) is 1.42. The van der Waals surface area contributed by atoms with Crippen LogP contribution in [0, 0.1) is 19.3 Å². The largest absolute Gasteiger partial charge is 0.480 e. The van der Waals surface area contributed by atoms with Gasteiger partial charge in [0.25, 0.3) is 11.5 Å². The number of aliphatic carboxylic acids is 2. The van der Waals surface area contributed by atoms with Gasteiger partial charge in [0.2, 0.25) is 5.91 Å². The van der Waals surface area contributed by atoms with Crippen molar-refractivity contribution in [2.24, 2.45) is 0 Å². The summed E-state index contributed by atoms with van der Waals surface area (Å²) in [7, 11) is 0. The highest BCUT2D eigenvalue weighted by molar-refractivity contribution is 5.97. The van der Waals surface area contributed by atoms with Gasteiger partial charge < -0.3 is 30.7 Å². The number of H-pyrrole nitrogens is 1. The van der Waals surface area contributed by atoms with Gasteiger partial charge in [-0.1, -0.05) is 12.0 Å². The Morgan fingerprint density at radius 2 is 1.77 bits per heavy atom. The Morgan fingerprint density at radius 1 is 1.07 bits per heavy atom. The Bertz CT molecular complexity index is 1520. The van der Waals surface area contributed by atoms with E-state index in [1.165, 1.54) is 19.1 Å². The number of anilines is 1. The molecule has 0 bridgehead atoms. The van der Waals surface area contributed by atoms with E-state index in [1.54, 1.807) is 31.2 Å². The lowest BCUT2D eigenvalue weighted by atomic mass is 10.1. The second-order valence-electron chi connectivity index (χ2n) is 9.14. The Labute approximate surface area is 229 Å². The lowest BCUT2D eigenvalue weighted by Gasteiger charge is -2.23. The van der Waals surface area contributed by atoms with Gasteiger partial charge in [-0.2, -0.15) is 0 Å². The van der Waals surface area contributed by atoms with Crippen molar-refractivity contribution in [3.05, 3.63) is 69.8 Å². The van der Waals surface area contributed by atoms with Gasteiger partial charge in [0, 0.05) is 24.2 Å². The van der Waals surface area contributed by atoms with Crippen molar-refractivity contribution in [2.75, 3.05) is 11.4 Å². The average molecular weight is 548 g/mol. The molecule has 0 saturated carbocycles. The lowest BCUT2D eigenvalue weighted by molar-refractivity contribution is -0.142. The number of nitrogens with one attached hydrogen (secondary N) is 3. The number of terminal acetylenes is 1. The summed E-state index contributed by atoms with van der Waals surface area (Å²) < 4.78 is 0. The SMILES string of the molecule is C#CCN(Cc1ccc2nc(C)[nH]c(=O)c2c1)c1ccc(C(=O)N[C@@H](CCC(=O)N[C@H](C)C(=O)O)C(=O)O)cc1.